The number of hydrogen-bond acceptors (Lipinski definition) is 3. The first-order valence-electron chi connectivity index (χ1n) is 7.47. The molecule has 2 aliphatic rings. The largest absolute Gasteiger partial charge is 0.463 e. The Labute approximate surface area is 119 Å². The fourth-order valence-electron chi connectivity index (χ4n) is 2.87. The van der Waals surface area contributed by atoms with Gasteiger partial charge in [0.25, 0.3) is 0 Å². The van der Waals surface area contributed by atoms with Crippen molar-refractivity contribution in [2.24, 2.45) is 0 Å². The van der Waals surface area contributed by atoms with Gasteiger partial charge in [-0.3, -0.25) is 4.90 Å². The average molecular weight is 268 g/mol. The molecule has 0 saturated heterocycles. The van der Waals surface area contributed by atoms with Crippen LogP contribution < -0.4 is 5.32 Å². The summed E-state index contributed by atoms with van der Waals surface area (Å²) in [5.74, 6) is 2.13. The Balaban J connectivity index is 1.35. The number of hydrogen-bond donors (Lipinski definition) is 1. The highest BCUT2D eigenvalue weighted by atomic mass is 16.3. The van der Waals surface area contributed by atoms with E-state index in [4.69, 9.17) is 4.42 Å². The number of fused-ring (bicyclic) bond motifs is 1. The van der Waals surface area contributed by atoms with E-state index in [1.807, 2.05) is 0 Å². The minimum atomic E-state index is 0.733. The topological polar surface area (TPSA) is 28.4 Å². The van der Waals surface area contributed by atoms with Crippen LogP contribution in [0.2, 0.25) is 0 Å². The third kappa shape index (κ3) is 2.65. The molecular formula is C17H20N2O. The van der Waals surface area contributed by atoms with Gasteiger partial charge in [0.1, 0.15) is 11.5 Å². The molecule has 3 nitrogen and oxygen atoms in total. The molecule has 0 atom stereocenters. The van der Waals surface area contributed by atoms with Gasteiger partial charge in [0, 0.05) is 19.1 Å². The Kier molecular flexibility index (Phi) is 3.09. The van der Waals surface area contributed by atoms with Gasteiger partial charge in [0.05, 0.1) is 13.1 Å². The third-order valence-corrected chi connectivity index (χ3v) is 4.15. The zero-order valence-corrected chi connectivity index (χ0v) is 11.6. The van der Waals surface area contributed by atoms with Crippen molar-refractivity contribution in [3.63, 3.8) is 0 Å². The Morgan fingerprint density at radius 3 is 2.40 bits per heavy atom. The van der Waals surface area contributed by atoms with Crippen LogP contribution in [-0.4, -0.2) is 10.9 Å². The lowest BCUT2D eigenvalue weighted by Gasteiger charge is -2.12. The number of furan rings is 1. The minimum absolute atomic E-state index is 0.733. The Morgan fingerprint density at radius 2 is 1.70 bits per heavy atom. The molecule has 0 bridgehead atoms. The van der Waals surface area contributed by atoms with E-state index in [9.17, 15) is 0 Å². The SMILES string of the molecule is c1ccc2c(c1)CN(Cc1ccc(CNC3CC3)o1)C2. The van der Waals surface area contributed by atoms with Crippen LogP contribution in [0.25, 0.3) is 0 Å². The summed E-state index contributed by atoms with van der Waals surface area (Å²) in [4.78, 5) is 2.43. The van der Waals surface area contributed by atoms with Crippen molar-refractivity contribution < 1.29 is 4.42 Å². The molecular weight excluding hydrogens is 248 g/mol. The van der Waals surface area contributed by atoms with E-state index in [1.54, 1.807) is 0 Å². The summed E-state index contributed by atoms with van der Waals surface area (Å²) in [6.45, 7) is 3.84. The molecule has 1 aliphatic heterocycles. The molecule has 1 saturated carbocycles. The molecule has 0 amide bonds. The van der Waals surface area contributed by atoms with E-state index in [2.05, 4.69) is 46.6 Å². The molecule has 0 spiro atoms. The van der Waals surface area contributed by atoms with Crippen LogP contribution >= 0.6 is 0 Å². The van der Waals surface area contributed by atoms with Crippen LogP contribution in [0, 0.1) is 0 Å². The molecule has 4 rings (SSSR count). The first kappa shape index (κ1) is 12.2. The number of nitrogens with one attached hydrogen (secondary N) is 1. The van der Waals surface area contributed by atoms with Crippen LogP contribution in [0.5, 0.6) is 0 Å². The van der Waals surface area contributed by atoms with Crippen LogP contribution in [0.1, 0.15) is 35.5 Å². The summed E-state index contributed by atoms with van der Waals surface area (Å²) in [5.41, 5.74) is 2.91. The lowest BCUT2D eigenvalue weighted by Crippen LogP contribution is -2.15. The Bertz CT molecular complexity index is 576. The third-order valence-electron chi connectivity index (χ3n) is 4.15. The van der Waals surface area contributed by atoms with E-state index in [-0.39, 0.29) is 0 Å². The molecule has 2 heterocycles. The zero-order chi connectivity index (χ0) is 13.4. The summed E-state index contributed by atoms with van der Waals surface area (Å²) in [6.07, 6.45) is 2.64. The fourth-order valence-corrected chi connectivity index (χ4v) is 2.87. The van der Waals surface area contributed by atoms with Crippen molar-refractivity contribution in [1.82, 2.24) is 10.2 Å². The van der Waals surface area contributed by atoms with Crippen LogP contribution in [0.4, 0.5) is 0 Å². The second kappa shape index (κ2) is 5.08. The highest BCUT2D eigenvalue weighted by Gasteiger charge is 2.21. The molecule has 0 unspecified atom stereocenters. The van der Waals surface area contributed by atoms with E-state index in [0.29, 0.717) is 0 Å². The number of nitrogens with zero attached hydrogens (tertiary/aromatic N) is 1. The second-order valence-corrected chi connectivity index (χ2v) is 5.94. The van der Waals surface area contributed by atoms with Gasteiger partial charge in [-0.05, 0) is 36.1 Å². The van der Waals surface area contributed by atoms with Gasteiger partial charge >= 0.3 is 0 Å². The van der Waals surface area contributed by atoms with Gasteiger partial charge in [-0.15, -0.1) is 0 Å². The van der Waals surface area contributed by atoms with Crippen molar-refractivity contribution in [1.29, 1.82) is 0 Å². The summed E-state index contributed by atoms with van der Waals surface area (Å²) >= 11 is 0. The molecule has 20 heavy (non-hydrogen) atoms. The van der Waals surface area contributed by atoms with Gasteiger partial charge in [0.15, 0.2) is 0 Å². The molecule has 1 fully saturated rings. The highest BCUT2D eigenvalue weighted by Crippen LogP contribution is 2.24. The van der Waals surface area contributed by atoms with Crippen molar-refractivity contribution in [2.75, 3.05) is 0 Å². The number of rotatable bonds is 5. The van der Waals surface area contributed by atoms with Gasteiger partial charge < -0.3 is 9.73 Å². The molecule has 104 valence electrons. The molecule has 0 radical (unpaired) electrons. The fraction of sp³-hybridized carbons (Fsp3) is 0.412. The van der Waals surface area contributed by atoms with Crippen molar-refractivity contribution in [2.45, 2.75) is 45.1 Å². The minimum Gasteiger partial charge on any atom is -0.463 e. The molecule has 1 N–H and O–H groups in total. The summed E-state index contributed by atoms with van der Waals surface area (Å²) in [5, 5.41) is 3.49. The number of benzene rings is 1. The van der Waals surface area contributed by atoms with Crippen molar-refractivity contribution in [3.8, 4) is 0 Å². The Morgan fingerprint density at radius 1 is 1.00 bits per heavy atom. The first-order valence-corrected chi connectivity index (χ1v) is 7.47. The molecule has 1 aromatic heterocycles. The average Bonchev–Trinajstić information content (AvgIpc) is 3.04. The van der Waals surface area contributed by atoms with Crippen LogP contribution in [-0.2, 0) is 26.2 Å². The van der Waals surface area contributed by atoms with Crippen molar-refractivity contribution in [3.05, 3.63) is 59.0 Å². The second-order valence-electron chi connectivity index (χ2n) is 5.94. The summed E-state index contributed by atoms with van der Waals surface area (Å²) < 4.78 is 5.92. The maximum Gasteiger partial charge on any atom is 0.118 e. The molecule has 3 heteroatoms. The van der Waals surface area contributed by atoms with Gasteiger partial charge in [-0.1, -0.05) is 24.3 Å². The van der Waals surface area contributed by atoms with E-state index in [0.717, 1.165) is 43.7 Å². The maximum absolute atomic E-state index is 5.92. The lowest BCUT2D eigenvalue weighted by molar-refractivity contribution is 0.247. The summed E-state index contributed by atoms with van der Waals surface area (Å²) in [6, 6.07) is 13.6. The normalized spacial score (nSPS) is 18.4. The first-order chi connectivity index (χ1) is 9.87. The van der Waals surface area contributed by atoms with E-state index >= 15 is 0 Å². The molecule has 1 aliphatic carbocycles. The quantitative estimate of drug-likeness (QED) is 0.903. The smallest absolute Gasteiger partial charge is 0.118 e. The van der Waals surface area contributed by atoms with Gasteiger partial charge in [-0.25, -0.2) is 0 Å². The van der Waals surface area contributed by atoms with Crippen LogP contribution in [0.3, 0.4) is 0 Å². The van der Waals surface area contributed by atoms with E-state index < -0.39 is 0 Å². The Hall–Kier alpha value is -1.58. The maximum atomic E-state index is 5.92. The van der Waals surface area contributed by atoms with Gasteiger partial charge in [-0.2, -0.15) is 0 Å². The highest BCUT2D eigenvalue weighted by molar-refractivity contribution is 5.30. The predicted molar refractivity (Wildman–Crippen MR) is 78.0 cm³/mol. The van der Waals surface area contributed by atoms with E-state index in [1.165, 1.54) is 24.0 Å². The molecule has 1 aromatic carbocycles. The molecule has 2 aromatic rings. The lowest BCUT2D eigenvalue weighted by atomic mass is 10.1. The van der Waals surface area contributed by atoms with Crippen molar-refractivity contribution >= 4 is 0 Å². The predicted octanol–water partition coefficient (Wildman–Crippen LogP) is 3.05. The monoisotopic (exact) mass is 268 g/mol. The van der Waals surface area contributed by atoms with Crippen LogP contribution in [0.15, 0.2) is 40.8 Å². The summed E-state index contributed by atoms with van der Waals surface area (Å²) in [7, 11) is 0. The zero-order valence-electron chi connectivity index (χ0n) is 11.6. The standard InChI is InChI=1S/C17H20N2O/c1-2-4-14-11-19(10-13(14)3-1)12-17-8-7-16(20-17)9-18-15-5-6-15/h1-4,7-8,15,18H,5-6,9-12H2. The van der Waals surface area contributed by atoms with Gasteiger partial charge in [0.2, 0.25) is 0 Å².